The summed E-state index contributed by atoms with van der Waals surface area (Å²) in [4.78, 5) is 28.5. The summed E-state index contributed by atoms with van der Waals surface area (Å²) in [6.07, 6.45) is 0. The monoisotopic (exact) mass is 286 g/mol. The third-order valence-electron chi connectivity index (χ3n) is 3.40. The molecule has 0 bridgehead atoms. The Hall–Kier alpha value is -2.76. The van der Waals surface area contributed by atoms with E-state index in [0.29, 0.717) is 16.7 Å². The van der Waals surface area contributed by atoms with Gasteiger partial charge in [-0.15, -0.1) is 0 Å². The number of pyridine rings is 1. The minimum absolute atomic E-state index is 0.347. The molecule has 0 fully saturated rings. The van der Waals surface area contributed by atoms with Crippen LogP contribution in [0.5, 0.6) is 0 Å². The summed E-state index contributed by atoms with van der Waals surface area (Å²) < 4.78 is 14.8. The lowest BCUT2D eigenvalue weighted by Gasteiger charge is -2.08. The molecule has 2 aromatic heterocycles. The van der Waals surface area contributed by atoms with Crippen molar-refractivity contribution in [3.8, 4) is 5.69 Å². The molecule has 106 valence electrons. The highest BCUT2D eigenvalue weighted by Crippen LogP contribution is 2.12. The summed E-state index contributed by atoms with van der Waals surface area (Å²) in [6, 6.07) is 7.70. The first-order chi connectivity index (χ1) is 9.97. The number of nitrogens with zero attached hydrogens (tertiary/aromatic N) is 1. The molecule has 2 heterocycles. The molecule has 2 N–H and O–H groups in total. The molecule has 0 saturated heterocycles. The van der Waals surface area contributed by atoms with E-state index >= 15 is 0 Å². The van der Waals surface area contributed by atoms with Crippen LogP contribution >= 0.6 is 0 Å². The first kappa shape index (κ1) is 13.2. The van der Waals surface area contributed by atoms with Crippen LogP contribution in [0.1, 0.15) is 11.3 Å². The highest BCUT2D eigenvalue weighted by Gasteiger charge is 2.19. The van der Waals surface area contributed by atoms with Crippen molar-refractivity contribution >= 4 is 11.0 Å². The smallest absolute Gasteiger partial charge is 0.268 e. The average Bonchev–Trinajstić information content (AvgIpc) is 2.39. The van der Waals surface area contributed by atoms with Crippen LogP contribution in [-0.2, 0) is 0 Å². The molecule has 21 heavy (non-hydrogen) atoms. The van der Waals surface area contributed by atoms with Gasteiger partial charge in [-0.1, -0.05) is 0 Å². The zero-order chi connectivity index (χ0) is 15.1. The number of H-pyrrole nitrogens is 2. The van der Waals surface area contributed by atoms with E-state index in [1.54, 1.807) is 23.6 Å². The topological polar surface area (TPSA) is 69.6 Å². The third-order valence-corrected chi connectivity index (χ3v) is 3.40. The number of nitrogens with one attached hydrogen (secondary N) is 2. The van der Waals surface area contributed by atoms with Crippen LogP contribution in [0.25, 0.3) is 16.7 Å². The summed E-state index contributed by atoms with van der Waals surface area (Å²) in [5.41, 5.74) is 1.63. The first-order valence-corrected chi connectivity index (χ1v) is 6.42. The maximum atomic E-state index is 13.1. The van der Waals surface area contributed by atoms with Crippen LogP contribution in [0.4, 0.5) is 4.39 Å². The molecule has 0 aliphatic carbocycles. The second-order valence-electron chi connectivity index (χ2n) is 4.91. The number of halogens is 1. The lowest BCUT2D eigenvalue weighted by Crippen LogP contribution is -2.40. The zero-order valence-electron chi connectivity index (χ0n) is 11.5. The van der Waals surface area contributed by atoms with Gasteiger partial charge < -0.3 is 0 Å². The summed E-state index contributed by atoms with van der Waals surface area (Å²) in [6.45, 7) is 3.66. The number of hydrogen-bond donors (Lipinski definition) is 2. The fourth-order valence-corrected chi connectivity index (χ4v) is 2.56. The van der Waals surface area contributed by atoms with Crippen molar-refractivity contribution in [2.45, 2.75) is 13.8 Å². The normalized spacial score (nSPS) is 11.0. The molecular weight excluding hydrogens is 273 g/mol. The van der Waals surface area contributed by atoms with Gasteiger partial charge in [0.2, 0.25) is 0 Å². The summed E-state index contributed by atoms with van der Waals surface area (Å²) in [5, 5.41) is 0.407. The van der Waals surface area contributed by atoms with E-state index in [9.17, 15) is 14.0 Å². The minimum atomic E-state index is -0.576. The van der Waals surface area contributed by atoms with Crippen molar-refractivity contribution < 1.29 is 8.96 Å². The van der Waals surface area contributed by atoms with Gasteiger partial charge >= 0.3 is 11.3 Å². The van der Waals surface area contributed by atoms with Gasteiger partial charge in [-0.05, 0) is 49.7 Å². The summed E-state index contributed by atoms with van der Waals surface area (Å²) in [5.74, 6) is -0.347. The van der Waals surface area contributed by atoms with E-state index in [-0.39, 0.29) is 5.82 Å². The lowest BCUT2D eigenvalue weighted by molar-refractivity contribution is -0.576. The molecule has 0 radical (unpaired) electrons. The molecule has 0 unspecified atom stereocenters. The second kappa shape index (κ2) is 4.66. The van der Waals surface area contributed by atoms with Crippen LogP contribution in [0.3, 0.4) is 0 Å². The fourth-order valence-electron chi connectivity index (χ4n) is 2.56. The molecule has 1 aromatic carbocycles. The van der Waals surface area contributed by atoms with Gasteiger partial charge in [0.05, 0.1) is 0 Å². The standard InChI is InChI=1S/C15H12FN3O2/c1-8-7-9(2)19(11-5-3-10(16)4-6-11)13-12(8)14(20)18-15(21)17-13/h3-7H,1-2H3,(H,18,20,21)/p+1. The van der Waals surface area contributed by atoms with Gasteiger partial charge in [0.15, 0.2) is 0 Å². The molecule has 6 heteroatoms. The van der Waals surface area contributed by atoms with Gasteiger partial charge in [0, 0.05) is 0 Å². The van der Waals surface area contributed by atoms with Crippen molar-refractivity contribution in [2.24, 2.45) is 0 Å². The molecule has 5 nitrogen and oxygen atoms in total. The Bertz CT molecular complexity index is 956. The van der Waals surface area contributed by atoms with Crippen LogP contribution in [0, 0.1) is 19.7 Å². The van der Waals surface area contributed by atoms with Crippen molar-refractivity contribution in [3.05, 3.63) is 68.2 Å². The quantitative estimate of drug-likeness (QED) is 0.661. The van der Waals surface area contributed by atoms with Crippen molar-refractivity contribution in [1.29, 1.82) is 0 Å². The number of benzene rings is 1. The zero-order valence-corrected chi connectivity index (χ0v) is 11.5. The van der Waals surface area contributed by atoms with Crippen molar-refractivity contribution in [3.63, 3.8) is 0 Å². The molecule has 0 spiro atoms. The highest BCUT2D eigenvalue weighted by atomic mass is 19.1. The summed E-state index contributed by atoms with van der Waals surface area (Å²) in [7, 11) is 0. The molecule has 0 saturated carbocycles. The van der Waals surface area contributed by atoms with E-state index in [1.165, 1.54) is 12.1 Å². The Balaban J connectivity index is 2.50. The summed E-state index contributed by atoms with van der Waals surface area (Å²) >= 11 is 0. The van der Waals surface area contributed by atoms with E-state index in [1.807, 2.05) is 13.0 Å². The van der Waals surface area contributed by atoms with Gasteiger partial charge in [-0.3, -0.25) is 9.78 Å². The first-order valence-electron chi connectivity index (χ1n) is 6.42. The Labute approximate surface area is 118 Å². The average molecular weight is 286 g/mol. The van der Waals surface area contributed by atoms with Gasteiger partial charge in [0.25, 0.3) is 5.56 Å². The van der Waals surface area contributed by atoms with Crippen LogP contribution < -0.4 is 15.8 Å². The minimum Gasteiger partial charge on any atom is -0.268 e. The van der Waals surface area contributed by atoms with Gasteiger partial charge in [-0.2, -0.15) is 9.55 Å². The number of aryl methyl sites for hydroxylation is 2. The largest absolute Gasteiger partial charge is 0.413 e. The van der Waals surface area contributed by atoms with E-state index in [4.69, 9.17) is 0 Å². The number of hydrogen-bond acceptors (Lipinski definition) is 2. The molecule has 0 amide bonds. The van der Waals surface area contributed by atoms with E-state index in [0.717, 1.165) is 11.3 Å². The molecule has 3 aromatic rings. The Kier molecular flexibility index (Phi) is 2.94. The number of fused-ring (bicyclic) bond motifs is 1. The SMILES string of the molecule is Cc1cc(C)[n+](-c2ccc(F)cc2)c2[nH]c(=O)[nH]c(=O)c12. The van der Waals surface area contributed by atoms with Crippen LogP contribution in [0.15, 0.2) is 39.9 Å². The molecule has 0 aliphatic heterocycles. The van der Waals surface area contributed by atoms with Gasteiger partial charge in [0.1, 0.15) is 22.6 Å². The fraction of sp³-hybridized carbons (Fsp3) is 0.133. The lowest BCUT2D eigenvalue weighted by atomic mass is 10.1. The van der Waals surface area contributed by atoms with E-state index in [2.05, 4.69) is 9.97 Å². The Morgan fingerprint density at radius 1 is 1.05 bits per heavy atom. The predicted molar refractivity (Wildman–Crippen MR) is 76.2 cm³/mol. The van der Waals surface area contributed by atoms with Crippen LogP contribution in [0.2, 0.25) is 0 Å². The maximum Gasteiger partial charge on any atom is 0.413 e. The molecule has 3 rings (SSSR count). The molecule has 0 aliphatic rings. The number of aromatic nitrogens is 3. The third kappa shape index (κ3) is 2.14. The van der Waals surface area contributed by atoms with E-state index < -0.39 is 11.2 Å². The van der Waals surface area contributed by atoms with Crippen LogP contribution in [-0.4, -0.2) is 9.97 Å². The predicted octanol–water partition coefficient (Wildman–Crippen LogP) is 1.25. The molecule has 0 atom stereocenters. The van der Waals surface area contributed by atoms with Gasteiger partial charge in [-0.25, -0.2) is 9.18 Å². The number of aromatic amines is 2. The van der Waals surface area contributed by atoms with Crippen molar-refractivity contribution in [2.75, 3.05) is 0 Å². The molecular formula is C15H13FN3O2+. The Morgan fingerprint density at radius 2 is 1.71 bits per heavy atom. The second-order valence-corrected chi connectivity index (χ2v) is 4.91. The highest BCUT2D eigenvalue weighted by molar-refractivity contribution is 5.74. The van der Waals surface area contributed by atoms with Crippen molar-refractivity contribution in [1.82, 2.24) is 9.97 Å². The maximum absolute atomic E-state index is 13.1. The number of rotatable bonds is 1. The Morgan fingerprint density at radius 3 is 2.38 bits per heavy atom.